The van der Waals surface area contributed by atoms with Gasteiger partial charge in [0.2, 0.25) is 0 Å². The van der Waals surface area contributed by atoms with Crippen molar-refractivity contribution < 1.29 is 41.9 Å². The summed E-state index contributed by atoms with van der Waals surface area (Å²) in [6.45, 7) is 0. The van der Waals surface area contributed by atoms with Crippen molar-refractivity contribution >= 4 is 37.7 Å². The molecule has 0 N–H and O–H groups in total. The van der Waals surface area contributed by atoms with Gasteiger partial charge >= 0.3 is 37.7 Å². The Morgan fingerprint density at radius 1 is 0.750 bits per heavy atom. The Labute approximate surface area is 78.4 Å². The fourth-order valence-electron chi connectivity index (χ4n) is 0. The Morgan fingerprint density at radius 2 is 0.750 bits per heavy atom. The van der Waals surface area contributed by atoms with Crippen molar-refractivity contribution in [3.8, 4) is 0 Å². The molecule has 0 aromatic heterocycles. The predicted molar refractivity (Wildman–Crippen MR) is 5.75 cm³/mol. The minimum atomic E-state index is 0. The van der Waals surface area contributed by atoms with E-state index >= 15 is 0 Å². The molecule has 0 nitrogen and oxygen atoms in total. The van der Waals surface area contributed by atoms with E-state index in [4.69, 9.17) is 0 Å². The van der Waals surface area contributed by atoms with Crippen molar-refractivity contribution in [2.75, 3.05) is 0 Å². The first-order chi connectivity index (χ1) is 0. The van der Waals surface area contributed by atoms with Gasteiger partial charge in [-0.25, -0.2) is 0 Å². The topological polar surface area (TPSA) is 0 Å². The van der Waals surface area contributed by atoms with Crippen LogP contribution in [0.15, 0.2) is 0 Å². The number of hydrogen-bond acceptors (Lipinski definition) is 0. The van der Waals surface area contributed by atoms with E-state index in [1.807, 2.05) is 0 Å². The molecule has 0 bridgehead atoms. The molecule has 0 aliphatic heterocycles. The van der Waals surface area contributed by atoms with Gasteiger partial charge in [-0.05, 0) is 0 Å². The van der Waals surface area contributed by atoms with Crippen molar-refractivity contribution in [3.63, 3.8) is 0 Å². The summed E-state index contributed by atoms with van der Waals surface area (Å²) in [5, 5.41) is 0. The summed E-state index contributed by atoms with van der Waals surface area (Å²) < 4.78 is 0. The summed E-state index contributed by atoms with van der Waals surface area (Å²) in [6.07, 6.45) is 0. The molecule has 0 heterocycles. The van der Waals surface area contributed by atoms with E-state index < -0.39 is 0 Å². The maximum Gasteiger partial charge on any atom is 2.00 e. The molecule has 27 valence electrons. The average Bonchev–Trinajstić information content (AvgIpc) is 0. The van der Waals surface area contributed by atoms with Crippen LogP contribution in [0, 0.1) is 0 Å². The second kappa shape index (κ2) is 18.3. The summed E-state index contributed by atoms with van der Waals surface area (Å²) in [5.74, 6) is 0. The molecule has 4 heteroatoms. The van der Waals surface area contributed by atoms with Crippen LogP contribution in [0.1, 0.15) is 0 Å². The quantitative estimate of drug-likeness (QED) is 0.321. The van der Waals surface area contributed by atoms with E-state index in [0.29, 0.717) is 0 Å². The van der Waals surface area contributed by atoms with E-state index in [2.05, 4.69) is 0 Å². The van der Waals surface area contributed by atoms with Gasteiger partial charge in [0.15, 0.2) is 0 Å². The van der Waals surface area contributed by atoms with E-state index in [1.165, 1.54) is 0 Å². The van der Waals surface area contributed by atoms with E-state index in [-0.39, 0.29) is 79.6 Å². The van der Waals surface area contributed by atoms with Gasteiger partial charge < -0.3 is 24.8 Å². The molecule has 0 spiro atoms. The molecule has 0 aliphatic carbocycles. The zero-order valence-electron chi connectivity index (χ0n) is 1.76. The van der Waals surface area contributed by atoms with Gasteiger partial charge in [0.1, 0.15) is 0 Å². The summed E-state index contributed by atoms with van der Waals surface area (Å²) in [7, 11) is 0. The Hall–Kier alpha value is 2.36. The Balaban J connectivity index is 0. The van der Waals surface area contributed by atoms with Crippen molar-refractivity contribution in [3.05, 3.63) is 0 Å². The van der Waals surface area contributed by atoms with Crippen LogP contribution in [0.3, 0.4) is 0 Å². The third-order valence-electron chi connectivity index (χ3n) is 0. The third-order valence-corrected chi connectivity index (χ3v) is 0. The minimum absolute atomic E-state index is 0. The van der Waals surface area contributed by atoms with Gasteiger partial charge in [-0.1, -0.05) is 0 Å². The SMILES string of the molecule is [Ca+2].[Cl-].[Cl-].[Cu]. The first kappa shape index (κ1) is 32.8. The van der Waals surface area contributed by atoms with Crippen molar-refractivity contribution in [1.29, 1.82) is 0 Å². The third kappa shape index (κ3) is 8.84. The first-order valence-corrected chi connectivity index (χ1v) is 0. The molecule has 0 atom stereocenters. The first-order valence-electron chi connectivity index (χ1n) is 0. The van der Waals surface area contributed by atoms with Crippen LogP contribution in [-0.2, 0) is 17.1 Å². The van der Waals surface area contributed by atoms with Gasteiger partial charge in [0, 0.05) is 17.1 Å². The number of hydrogen-bond donors (Lipinski definition) is 0. The average molecular weight is 175 g/mol. The van der Waals surface area contributed by atoms with Gasteiger partial charge in [0.05, 0.1) is 0 Å². The van der Waals surface area contributed by atoms with Crippen molar-refractivity contribution in [1.82, 2.24) is 0 Å². The zero-order chi connectivity index (χ0) is 0. The molecule has 4 heavy (non-hydrogen) atoms. The molecule has 0 saturated heterocycles. The van der Waals surface area contributed by atoms with Crippen LogP contribution >= 0.6 is 0 Å². The normalized spacial score (nSPS) is 0. The van der Waals surface area contributed by atoms with Crippen LogP contribution in [0.25, 0.3) is 0 Å². The van der Waals surface area contributed by atoms with Gasteiger partial charge in [0.25, 0.3) is 0 Å². The summed E-state index contributed by atoms with van der Waals surface area (Å²) >= 11 is 0. The van der Waals surface area contributed by atoms with Gasteiger partial charge in [-0.3, -0.25) is 0 Å². The molecule has 0 aromatic carbocycles. The second-order valence-electron chi connectivity index (χ2n) is 0. The van der Waals surface area contributed by atoms with Crippen molar-refractivity contribution in [2.24, 2.45) is 0 Å². The number of halogens is 2. The van der Waals surface area contributed by atoms with Gasteiger partial charge in [-0.15, -0.1) is 0 Å². The molecule has 0 amide bonds. The maximum atomic E-state index is 0. The van der Waals surface area contributed by atoms with Crippen LogP contribution in [0.4, 0.5) is 0 Å². The Morgan fingerprint density at radius 3 is 0.750 bits per heavy atom. The maximum absolute atomic E-state index is 0. The largest absolute Gasteiger partial charge is 2.00 e. The van der Waals surface area contributed by atoms with Crippen LogP contribution in [-0.4, -0.2) is 37.7 Å². The zero-order valence-corrected chi connectivity index (χ0v) is 6.43. The minimum Gasteiger partial charge on any atom is -1.00 e. The van der Waals surface area contributed by atoms with Gasteiger partial charge in [-0.2, -0.15) is 0 Å². The molecule has 0 fully saturated rings. The fourth-order valence-corrected chi connectivity index (χ4v) is 0. The Bertz CT molecular complexity index is 6.00. The van der Waals surface area contributed by atoms with Crippen LogP contribution < -0.4 is 24.8 Å². The molecule has 0 rings (SSSR count). The monoisotopic (exact) mass is 173 g/mol. The van der Waals surface area contributed by atoms with Crippen LogP contribution in [0.2, 0.25) is 0 Å². The fraction of sp³-hybridized carbons (Fsp3) is 0. The number of rotatable bonds is 0. The summed E-state index contributed by atoms with van der Waals surface area (Å²) in [5.41, 5.74) is 0. The smallest absolute Gasteiger partial charge is 1.00 e. The van der Waals surface area contributed by atoms with Crippen LogP contribution in [0.5, 0.6) is 0 Å². The summed E-state index contributed by atoms with van der Waals surface area (Å²) in [4.78, 5) is 0. The molecule has 0 saturated carbocycles. The van der Waals surface area contributed by atoms with E-state index in [0.717, 1.165) is 0 Å². The van der Waals surface area contributed by atoms with Crippen molar-refractivity contribution in [2.45, 2.75) is 0 Å². The Kier molecular flexibility index (Phi) is 150. The molecule has 0 unspecified atom stereocenters. The van der Waals surface area contributed by atoms with E-state index in [9.17, 15) is 0 Å². The van der Waals surface area contributed by atoms with E-state index in [1.54, 1.807) is 0 Å². The molecule has 0 aromatic rings. The molecule has 1 radical (unpaired) electrons. The molecule has 0 aliphatic rings. The predicted octanol–water partition coefficient (Wildman–Crippen LogP) is -6.38. The second-order valence-corrected chi connectivity index (χ2v) is 0. The molecular formula is CaCl2Cu. The standard InChI is InChI=1S/Ca.2ClH.Cu/h;2*1H;/q+2;;;/p-2. The molecular weight excluding hydrogens is 175 g/mol. The summed E-state index contributed by atoms with van der Waals surface area (Å²) in [6, 6.07) is 0.